The summed E-state index contributed by atoms with van der Waals surface area (Å²) >= 11 is 0. The Labute approximate surface area is 104 Å². The molecule has 0 amide bonds. The molecule has 0 aliphatic carbocycles. The smallest absolute Gasteiger partial charge is 0.0716 e. The third-order valence-corrected chi connectivity index (χ3v) is 3.40. The zero-order valence-electron chi connectivity index (χ0n) is 10.7. The molecule has 0 fully saturated rings. The zero-order chi connectivity index (χ0) is 12.7. The monoisotopic (exact) mass is 237 g/mol. The van der Waals surface area contributed by atoms with Gasteiger partial charge in [-0.25, -0.2) is 0 Å². The molecule has 1 aromatic rings. The van der Waals surface area contributed by atoms with Crippen molar-refractivity contribution in [1.82, 2.24) is 0 Å². The van der Waals surface area contributed by atoms with Crippen LogP contribution in [0, 0.1) is 5.41 Å². The van der Waals surface area contributed by atoms with Gasteiger partial charge in [0.15, 0.2) is 0 Å². The van der Waals surface area contributed by atoms with E-state index in [9.17, 15) is 5.11 Å². The summed E-state index contributed by atoms with van der Waals surface area (Å²) in [6, 6.07) is 10.1. The maximum Gasteiger partial charge on any atom is 0.0716 e. The van der Waals surface area contributed by atoms with Crippen molar-refractivity contribution >= 4 is 0 Å². The third kappa shape index (κ3) is 4.46. The van der Waals surface area contributed by atoms with E-state index in [1.165, 1.54) is 5.56 Å². The lowest BCUT2D eigenvalue weighted by molar-refractivity contribution is 0.0182. The Hall–Kier alpha value is -0.900. The molecule has 0 aromatic heterocycles. The van der Waals surface area contributed by atoms with E-state index in [-0.39, 0.29) is 5.41 Å². The summed E-state index contributed by atoms with van der Waals surface area (Å²) in [5.74, 6) is 0. The minimum atomic E-state index is -0.409. The Kier molecular flexibility index (Phi) is 5.62. The van der Waals surface area contributed by atoms with Crippen LogP contribution in [0.3, 0.4) is 0 Å². The molecule has 2 unspecified atom stereocenters. The summed E-state index contributed by atoms with van der Waals surface area (Å²) < 4.78 is 5.60. The van der Waals surface area contributed by atoms with Crippen LogP contribution < -0.4 is 5.73 Å². The summed E-state index contributed by atoms with van der Waals surface area (Å²) in [5, 5.41) is 9.65. The fraction of sp³-hybridized carbons (Fsp3) is 0.571. The number of hydrogen-bond donors (Lipinski definition) is 2. The standard InChI is InChI=1S/C14H23NO2/c1-12(16)14(2,11-15)8-9-17-10-13-6-4-3-5-7-13/h3-7,12,16H,8-11,15H2,1-2H3. The van der Waals surface area contributed by atoms with E-state index in [1.807, 2.05) is 37.3 Å². The molecule has 0 bridgehead atoms. The fourth-order valence-electron chi connectivity index (χ4n) is 1.55. The lowest BCUT2D eigenvalue weighted by Gasteiger charge is -2.30. The number of aliphatic hydroxyl groups excluding tert-OH is 1. The van der Waals surface area contributed by atoms with Crippen LogP contribution in [0.4, 0.5) is 0 Å². The number of ether oxygens (including phenoxy) is 1. The van der Waals surface area contributed by atoms with Crippen molar-refractivity contribution in [2.75, 3.05) is 13.2 Å². The van der Waals surface area contributed by atoms with Crippen LogP contribution >= 0.6 is 0 Å². The lowest BCUT2D eigenvalue weighted by atomic mass is 9.82. The summed E-state index contributed by atoms with van der Waals surface area (Å²) in [5.41, 5.74) is 6.60. The molecule has 1 rings (SSSR count). The first kappa shape index (κ1) is 14.2. The Morgan fingerprint density at radius 2 is 2.00 bits per heavy atom. The second-order valence-corrected chi connectivity index (χ2v) is 4.82. The molecule has 0 aliphatic heterocycles. The molecule has 96 valence electrons. The lowest BCUT2D eigenvalue weighted by Crippen LogP contribution is -2.38. The molecule has 1 aromatic carbocycles. The summed E-state index contributed by atoms with van der Waals surface area (Å²) in [6.45, 7) is 5.47. The predicted molar refractivity (Wildman–Crippen MR) is 69.6 cm³/mol. The van der Waals surface area contributed by atoms with Crippen molar-refractivity contribution in [2.45, 2.75) is 33.0 Å². The Balaban J connectivity index is 2.28. The SMILES string of the molecule is CC(O)C(C)(CN)CCOCc1ccccc1. The van der Waals surface area contributed by atoms with Crippen molar-refractivity contribution < 1.29 is 9.84 Å². The molecular weight excluding hydrogens is 214 g/mol. The number of benzene rings is 1. The van der Waals surface area contributed by atoms with Gasteiger partial charge in [0, 0.05) is 18.6 Å². The second kappa shape index (κ2) is 6.74. The highest BCUT2D eigenvalue weighted by molar-refractivity contribution is 5.13. The number of rotatable bonds is 7. The van der Waals surface area contributed by atoms with Crippen LogP contribution in [0.15, 0.2) is 30.3 Å². The molecule has 3 N–H and O–H groups in total. The molecule has 0 saturated heterocycles. The minimum Gasteiger partial charge on any atom is -0.393 e. The van der Waals surface area contributed by atoms with Gasteiger partial charge in [-0.05, 0) is 18.9 Å². The highest BCUT2D eigenvalue weighted by atomic mass is 16.5. The highest BCUT2D eigenvalue weighted by Crippen LogP contribution is 2.24. The van der Waals surface area contributed by atoms with Crippen LogP contribution in [0.2, 0.25) is 0 Å². The van der Waals surface area contributed by atoms with Crippen LogP contribution in [-0.2, 0) is 11.3 Å². The van der Waals surface area contributed by atoms with E-state index < -0.39 is 6.10 Å². The van der Waals surface area contributed by atoms with Gasteiger partial charge >= 0.3 is 0 Å². The van der Waals surface area contributed by atoms with E-state index in [1.54, 1.807) is 6.92 Å². The molecule has 2 atom stereocenters. The zero-order valence-corrected chi connectivity index (χ0v) is 10.7. The third-order valence-electron chi connectivity index (χ3n) is 3.40. The van der Waals surface area contributed by atoms with Gasteiger partial charge in [0.05, 0.1) is 12.7 Å². The van der Waals surface area contributed by atoms with Crippen LogP contribution in [0.5, 0.6) is 0 Å². The maximum atomic E-state index is 9.65. The molecule has 0 aliphatic rings. The number of nitrogens with two attached hydrogens (primary N) is 1. The average Bonchev–Trinajstić information content (AvgIpc) is 2.35. The van der Waals surface area contributed by atoms with Gasteiger partial charge < -0.3 is 15.6 Å². The first-order chi connectivity index (χ1) is 8.08. The molecule has 0 saturated carbocycles. The van der Waals surface area contributed by atoms with Crippen molar-refractivity contribution in [2.24, 2.45) is 11.1 Å². The van der Waals surface area contributed by atoms with Crippen LogP contribution in [0.25, 0.3) is 0 Å². The normalized spacial score (nSPS) is 16.5. The summed E-state index contributed by atoms with van der Waals surface area (Å²) in [4.78, 5) is 0. The largest absolute Gasteiger partial charge is 0.393 e. The van der Waals surface area contributed by atoms with Crippen molar-refractivity contribution in [3.63, 3.8) is 0 Å². The second-order valence-electron chi connectivity index (χ2n) is 4.82. The topological polar surface area (TPSA) is 55.5 Å². The predicted octanol–water partition coefficient (Wildman–Crippen LogP) is 1.94. The highest BCUT2D eigenvalue weighted by Gasteiger charge is 2.27. The molecular formula is C14H23NO2. The van der Waals surface area contributed by atoms with Crippen molar-refractivity contribution in [3.05, 3.63) is 35.9 Å². The molecule has 3 heteroatoms. The summed E-state index contributed by atoms with van der Waals surface area (Å²) in [6.07, 6.45) is 0.362. The van der Waals surface area contributed by atoms with Gasteiger partial charge in [-0.1, -0.05) is 37.3 Å². The van der Waals surface area contributed by atoms with Gasteiger partial charge in [0.2, 0.25) is 0 Å². The number of hydrogen-bond acceptors (Lipinski definition) is 3. The number of aliphatic hydroxyl groups is 1. The Morgan fingerprint density at radius 3 is 2.53 bits per heavy atom. The van der Waals surface area contributed by atoms with Crippen LogP contribution in [-0.4, -0.2) is 24.4 Å². The quantitative estimate of drug-likeness (QED) is 0.713. The van der Waals surface area contributed by atoms with Crippen LogP contribution in [0.1, 0.15) is 25.8 Å². The first-order valence-electron chi connectivity index (χ1n) is 6.08. The van der Waals surface area contributed by atoms with Crippen molar-refractivity contribution in [3.8, 4) is 0 Å². The van der Waals surface area contributed by atoms with E-state index in [4.69, 9.17) is 10.5 Å². The van der Waals surface area contributed by atoms with Gasteiger partial charge in [0.25, 0.3) is 0 Å². The van der Waals surface area contributed by atoms with E-state index >= 15 is 0 Å². The van der Waals surface area contributed by atoms with Gasteiger partial charge in [-0.15, -0.1) is 0 Å². The molecule has 0 heterocycles. The summed E-state index contributed by atoms with van der Waals surface area (Å²) in [7, 11) is 0. The van der Waals surface area contributed by atoms with Gasteiger partial charge in [0.1, 0.15) is 0 Å². The van der Waals surface area contributed by atoms with E-state index in [0.29, 0.717) is 19.8 Å². The minimum absolute atomic E-state index is 0.253. The van der Waals surface area contributed by atoms with E-state index in [2.05, 4.69) is 0 Å². The van der Waals surface area contributed by atoms with Crippen molar-refractivity contribution in [1.29, 1.82) is 0 Å². The Morgan fingerprint density at radius 1 is 1.35 bits per heavy atom. The van der Waals surface area contributed by atoms with Gasteiger partial charge in [-0.3, -0.25) is 0 Å². The molecule has 17 heavy (non-hydrogen) atoms. The Bertz CT molecular complexity index is 313. The molecule has 0 radical (unpaired) electrons. The molecule has 3 nitrogen and oxygen atoms in total. The fourth-order valence-corrected chi connectivity index (χ4v) is 1.55. The van der Waals surface area contributed by atoms with E-state index in [0.717, 1.165) is 6.42 Å². The van der Waals surface area contributed by atoms with Gasteiger partial charge in [-0.2, -0.15) is 0 Å². The first-order valence-corrected chi connectivity index (χ1v) is 6.08. The maximum absolute atomic E-state index is 9.65. The molecule has 0 spiro atoms. The average molecular weight is 237 g/mol.